The molecular weight excluding hydrogens is 375 g/mol. The Morgan fingerprint density at radius 2 is 1.93 bits per heavy atom. The first-order valence-electron chi connectivity index (χ1n) is 8.47. The first-order valence-corrected chi connectivity index (χ1v) is 8.85. The molecular formula is C19H18ClFN2O4. The first kappa shape index (κ1) is 19.1. The number of non-ortho nitro benzene ring substituents is 1. The topological polar surface area (TPSA) is 72.7 Å². The zero-order chi connectivity index (χ0) is 19.4. The van der Waals surface area contributed by atoms with Gasteiger partial charge in [-0.1, -0.05) is 29.8 Å². The van der Waals surface area contributed by atoms with E-state index in [9.17, 15) is 14.9 Å². The molecule has 142 valence electrons. The van der Waals surface area contributed by atoms with Gasteiger partial charge in [-0.25, -0.2) is 4.39 Å². The molecule has 1 aliphatic heterocycles. The van der Waals surface area contributed by atoms with Gasteiger partial charge >= 0.3 is 0 Å². The van der Waals surface area contributed by atoms with Gasteiger partial charge in [-0.15, -0.1) is 0 Å². The summed E-state index contributed by atoms with van der Waals surface area (Å²) >= 11 is 5.95. The number of nitro groups is 1. The van der Waals surface area contributed by atoms with Crippen molar-refractivity contribution in [1.82, 2.24) is 4.90 Å². The Balaban J connectivity index is 1.56. The fourth-order valence-electron chi connectivity index (χ4n) is 3.09. The number of hydrogen-bond acceptors (Lipinski definition) is 4. The Hall–Kier alpha value is -2.67. The van der Waals surface area contributed by atoms with Gasteiger partial charge in [0.05, 0.1) is 11.0 Å². The van der Waals surface area contributed by atoms with Crippen LogP contribution in [0.3, 0.4) is 0 Å². The Bertz CT molecular complexity index is 853. The van der Waals surface area contributed by atoms with E-state index in [0.717, 1.165) is 0 Å². The van der Waals surface area contributed by atoms with E-state index in [-0.39, 0.29) is 49.9 Å². The average Bonchev–Trinajstić information content (AvgIpc) is 2.67. The van der Waals surface area contributed by atoms with Crippen molar-refractivity contribution < 1.29 is 18.8 Å². The van der Waals surface area contributed by atoms with Crippen LogP contribution in [0.1, 0.15) is 18.4 Å². The van der Waals surface area contributed by atoms with Crippen molar-refractivity contribution in [2.45, 2.75) is 18.5 Å². The summed E-state index contributed by atoms with van der Waals surface area (Å²) in [6.45, 7) is 0.276. The number of halogens is 2. The van der Waals surface area contributed by atoms with Gasteiger partial charge in [0.2, 0.25) is 0 Å². The molecule has 0 spiro atoms. The molecule has 1 saturated heterocycles. The second kappa shape index (κ2) is 7.92. The largest absolute Gasteiger partial charge is 0.484 e. The number of alkyl halides is 1. The van der Waals surface area contributed by atoms with Crippen molar-refractivity contribution in [1.29, 1.82) is 0 Å². The maximum absolute atomic E-state index is 15.2. The number of likely N-dealkylation sites (tertiary alicyclic amines) is 1. The van der Waals surface area contributed by atoms with E-state index in [1.807, 2.05) is 0 Å². The highest BCUT2D eigenvalue weighted by Gasteiger charge is 2.37. The number of benzene rings is 2. The maximum atomic E-state index is 15.2. The van der Waals surface area contributed by atoms with Crippen LogP contribution >= 0.6 is 11.6 Å². The minimum atomic E-state index is -1.51. The number of piperidine rings is 1. The standard InChI is InChI=1S/C19H18ClFN2O4/c20-15-4-1-3-14(11-15)19(21)7-9-22(10-8-19)18(24)13-27-17-6-2-5-16(12-17)23(25)26/h1-6,11-12H,7-10,13H2. The molecule has 0 atom stereocenters. The third-order valence-corrected chi connectivity index (χ3v) is 4.88. The van der Waals surface area contributed by atoms with Gasteiger partial charge < -0.3 is 9.64 Å². The van der Waals surface area contributed by atoms with Crippen LogP contribution in [0.5, 0.6) is 5.75 Å². The van der Waals surface area contributed by atoms with E-state index in [4.69, 9.17) is 16.3 Å². The minimum absolute atomic E-state index is 0.110. The van der Waals surface area contributed by atoms with E-state index in [0.29, 0.717) is 10.6 Å². The zero-order valence-corrected chi connectivity index (χ0v) is 15.2. The van der Waals surface area contributed by atoms with Crippen molar-refractivity contribution in [3.63, 3.8) is 0 Å². The lowest BCUT2D eigenvalue weighted by Crippen LogP contribution is -2.45. The molecule has 0 saturated carbocycles. The molecule has 0 aromatic heterocycles. The van der Waals surface area contributed by atoms with Crippen LogP contribution in [0, 0.1) is 10.1 Å². The van der Waals surface area contributed by atoms with E-state index in [1.54, 1.807) is 35.2 Å². The molecule has 1 heterocycles. The molecule has 0 unspecified atom stereocenters. The van der Waals surface area contributed by atoms with Gasteiger partial charge in [-0.2, -0.15) is 0 Å². The monoisotopic (exact) mass is 392 g/mol. The number of nitro benzene ring substituents is 1. The van der Waals surface area contributed by atoms with Crippen LogP contribution in [0.25, 0.3) is 0 Å². The molecule has 3 rings (SSSR count). The Kier molecular flexibility index (Phi) is 5.60. The molecule has 0 bridgehead atoms. The molecule has 27 heavy (non-hydrogen) atoms. The summed E-state index contributed by atoms with van der Waals surface area (Å²) in [5, 5.41) is 11.2. The highest BCUT2D eigenvalue weighted by molar-refractivity contribution is 6.30. The van der Waals surface area contributed by atoms with Gasteiger partial charge in [0.15, 0.2) is 6.61 Å². The molecule has 6 nitrogen and oxygen atoms in total. The second-order valence-corrected chi connectivity index (χ2v) is 6.84. The molecule has 1 aliphatic rings. The van der Waals surface area contributed by atoms with E-state index in [1.165, 1.54) is 18.2 Å². The number of carbonyl (C=O) groups is 1. The predicted molar refractivity (Wildman–Crippen MR) is 98.6 cm³/mol. The van der Waals surface area contributed by atoms with Gasteiger partial charge in [-0.3, -0.25) is 14.9 Å². The van der Waals surface area contributed by atoms with E-state index < -0.39 is 10.6 Å². The summed E-state index contributed by atoms with van der Waals surface area (Å²) in [6.07, 6.45) is 0.353. The number of amides is 1. The molecule has 0 aliphatic carbocycles. The summed E-state index contributed by atoms with van der Waals surface area (Å²) in [7, 11) is 0. The third-order valence-electron chi connectivity index (χ3n) is 4.64. The normalized spacial score (nSPS) is 16.0. The fraction of sp³-hybridized carbons (Fsp3) is 0.316. The van der Waals surface area contributed by atoms with Gasteiger partial charge in [0, 0.05) is 37.0 Å². The number of nitrogens with zero attached hydrogens (tertiary/aromatic N) is 2. The number of carbonyl (C=O) groups excluding carboxylic acids is 1. The lowest BCUT2D eigenvalue weighted by atomic mass is 9.86. The predicted octanol–water partition coefficient (Wildman–Crippen LogP) is 4.11. The lowest BCUT2D eigenvalue weighted by molar-refractivity contribution is -0.384. The molecule has 0 N–H and O–H groups in total. The summed E-state index contributed by atoms with van der Waals surface area (Å²) in [4.78, 5) is 24.1. The van der Waals surface area contributed by atoms with Crippen LogP contribution in [0.2, 0.25) is 5.02 Å². The first-order chi connectivity index (χ1) is 12.9. The second-order valence-electron chi connectivity index (χ2n) is 6.40. The van der Waals surface area contributed by atoms with Crippen LogP contribution in [0.4, 0.5) is 10.1 Å². The van der Waals surface area contributed by atoms with Crippen molar-refractivity contribution in [2.75, 3.05) is 19.7 Å². The number of rotatable bonds is 5. The highest BCUT2D eigenvalue weighted by atomic mass is 35.5. The van der Waals surface area contributed by atoms with Crippen LogP contribution in [-0.2, 0) is 10.5 Å². The summed E-state index contributed by atoms with van der Waals surface area (Å²) in [6, 6.07) is 12.4. The van der Waals surface area contributed by atoms with Crippen molar-refractivity contribution in [3.8, 4) is 5.75 Å². The molecule has 0 radical (unpaired) electrons. The van der Waals surface area contributed by atoms with Gasteiger partial charge in [0.25, 0.3) is 11.6 Å². The molecule has 1 amide bonds. The zero-order valence-electron chi connectivity index (χ0n) is 14.4. The van der Waals surface area contributed by atoms with Gasteiger partial charge in [-0.05, 0) is 23.8 Å². The lowest BCUT2D eigenvalue weighted by Gasteiger charge is -2.36. The van der Waals surface area contributed by atoms with E-state index in [2.05, 4.69) is 0 Å². The van der Waals surface area contributed by atoms with Crippen LogP contribution in [0.15, 0.2) is 48.5 Å². The summed E-state index contributed by atoms with van der Waals surface area (Å²) in [5.41, 5.74) is -1.10. The number of ether oxygens (including phenoxy) is 1. The smallest absolute Gasteiger partial charge is 0.273 e. The molecule has 2 aromatic rings. The van der Waals surface area contributed by atoms with E-state index >= 15 is 4.39 Å². The summed E-state index contributed by atoms with van der Waals surface area (Å²) < 4.78 is 20.6. The summed E-state index contributed by atoms with van der Waals surface area (Å²) in [5.74, 6) is -0.0389. The molecule has 2 aromatic carbocycles. The fourth-order valence-corrected chi connectivity index (χ4v) is 3.28. The number of hydrogen-bond donors (Lipinski definition) is 0. The Labute approximate surface area is 160 Å². The molecule has 8 heteroatoms. The molecule has 1 fully saturated rings. The van der Waals surface area contributed by atoms with Crippen molar-refractivity contribution in [2.24, 2.45) is 0 Å². The van der Waals surface area contributed by atoms with Crippen molar-refractivity contribution in [3.05, 3.63) is 69.2 Å². The van der Waals surface area contributed by atoms with Crippen molar-refractivity contribution >= 4 is 23.2 Å². The highest BCUT2D eigenvalue weighted by Crippen LogP contribution is 2.37. The Morgan fingerprint density at radius 1 is 1.22 bits per heavy atom. The SMILES string of the molecule is O=C(COc1cccc([N+](=O)[O-])c1)N1CCC(F)(c2cccc(Cl)c2)CC1. The van der Waals surface area contributed by atoms with Gasteiger partial charge in [0.1, 0.15) is 11.4 Å². The quantitative estimate of drug-likeness (QED) is 0.567. The average molecular weight is 393 g/mol. The van der Waals surface area contributed by atoms with Crippen LogP contribution < -0.4 is 4.74 Å². The van der Waals surface area contributed by atoms with Crippen LogP contribution in [-0.4, -0.2) is 35.4 Å². The third kappa shape index (κ3) is 4.54. The Morgan fingerprint density at radius 3 is 2.59 bits per heavy atom. The minimum Gasteiger partial charge on any atom is -0.484 e. The maximum Gasteiger partial charge on any atom is 0.273 e.